The van der Waals surface area contributed by atoms with Gasteiger partial charge in [0.05, 0.1) is 11.8 Å². The van der Waals surface area contributed by atoms with Gasteiger partial charge < -0.3 is 10.5 Å². The zero-order valence-corrected chi connectivity index (χ0v) is 11.5. The second-order valence-corrected chi connectivity index (χ2v) is 4.68. The van der Waals surface area contributed by atoms with E-state index in [1.807, 2.05) is 38.1 Å². The van der Waals surface area contributed by atoms with E-state index in [0.717, 1.165) is 11.3 Å². The molecule has 2 N–H and O–H groups in total. The first-order valence-corrected chi connectivity index (χ1v) is 6.38. The lowest BCUT2D eigenvalue weighted by Crippen LogP contribution is -2.05. The molecular weight excluding hydrogens is 253 g/mol. The molecule has 0 saturated carbocycles. The van der Waals surface area contributed by atoms with Crippen molar-refractivity contribution in [2.24, 2.45) is 0 Å². The van der Waals surface area contributed by atoms with Gasteiger partial charge in [-0.15, -0.1) is 0 Å². The van der Waals surface area contributed by atoms with Crippen LogP contribution in [0.3, 0.4) is 0 Å². The third kappa shape index (κ3) is 3.76. The van der Waals surface area contributed by atoms with Gasteiger partial charge in [0.1, 0.15) is 11.6 Å². The Kier molecular flexibility index (Phi) is 4.27. The molecule has 3 heteroatoms. The number of anilines is 1. The Morgan fingerprint density at radius 1 is 1.00 bits per heavy atom. The molecule has 102 valence electrons. The molecule has 0 unspecified atom stereocenters. The van der Waals surface area contributed by atoms with Gasteiger partial charge in [-0.3, -0.25) is 0 Å². The minimum Gasteiger partial charge on any atom is -0.491 e. The van der Waals surface area contributed by atoms with Crippen LogP contribution in [0.1, 0.15) is 25.0 Å². The maximum Gasteiger partial charge on any atom is 0.147 e. The minimum absolute atomic E-state index is 0.130. The molecule has 0 spiro atoms. The van der Waals surface area contributed by atoms with Crippen molar-refractivity contribution in [2.75, 3.05) is 5.73 Å². The van der Waals surface area contributed by atoms with Gasteiger partial charge in [-0.25, -0.2) is 4.39 Å². The molecule has 2 rings (SSSR count). The van der Waals surface area contributed by atoms with Gasteiger partial charge in [0, 0.05) is 11.1 Å². The summed E-state index contributed by atoms with van der Waals surface area (Å²) < 4.78 is 18.8. The number of hydrogen-bond donors (Lipinski definition) is 1. The van der Waals surface area contributed by atoms with Crippen LogP contribution < -0.4 is 10.5 Å². The van der Waals surface area contributed by atoms with Crippen LogP contribution in [0.25, 0.3) is 0 Å². The Morgan fingerprint density at radius 2 is 1.60 bits per heavy atom. The summed E-state index contributed by atoms with van der Waals surface area (Å²) >= 11 is 0. The molecule has 2 aromatic rings. The van der Waals surface area contributed by atoms with Crippen LogP contribution in [0.15, 0.2) is 42.5 Å². The first-order valence-electron chi connectivity index (χ1n) is 6.38. The molecule has 0 atom stereocenters. The number of rotatable bonds is 2. The molecule has 0 aliphatic rings. The molecular formula is C17H16FNO. The van der Waals surface area contributed by atoms with Gasteiger partial charge in [0.2, 0.25) is 0 Å². The van der Waals surface area contributed by atoms with E-state index < -0.39 is 5.82 Å². The molecule has 0 aromatic heterocycles. The highest BCUT2D eigenvalue weighted by Crippen LogP contribution is 2.14. The number of nitrogen functional groups attached to an aromatic ring is 1. The van der Waals surface area contributed by atoms with Gasteiger partial charge in [-0.1, -0.05) is 11.8 Å². The summed E-state index contributed by atoms with van der Waals surface area (Å²) in [4.78, 5) is 0. The molecule has 0 amide bonds. The molecule has 0 aliphatic carbocycles. The van der Waals surface area contributed by atoms with Gasteiger partial charge in [0.15, 0.2) is 0 Å². The fourth-order valence-electron chi connectivity index (χ4n) is 1.64. The van der Waals surface area contributed by atoms with Crippen molar-refractivity contribution >= 4 is 5.69 Å². The van der Waals surface area contributed by atoms with E-state index in [4.69, 9.17) is 10.5 Å². The number of benzene rings is 2. The smallest absolute Gasteiger partial charge is 0.147 e. The van der Waals surface area contributed by atoms with E-state index in [2.05, 4.69) is 11.8 Å². The quantitative estimate of drug-likeness (QED) is 0.668. The Balaban J connectivity index is 2.14. The summed E-state index contributed by atoms with van der Waals surface area (Å²) in [7, 11) is 0. The van der Waals surface area contributed by atoms with Crippen LogP contribution in [0, 0.1) is 17.7 Å². The summed E-state index contributed by atoms with van der Waals surface area (Å²) in [5.41, 5.74) is 6.99. The first kappa shape index (κ1) is 14.0. The summed E-state index contributed by atoms with van der Waals surface area (Å²) in [5.74, 6) is 6.24. The monoisotopic (exact) mass is 269 g/mol. The normalized spacial score (nSPS) is 10.0. The van der Waals surface area contributed by atoms with Crippen LogP contribution >= 0.6 is 0 Å². The van der Waals surface area contributed by atoms with Crippen molar-refractivity contribution in [3.63, 3.8) is 0 Å². The van der Waals surface area contributed by atoms with Crippen LogP contribution in [-0.2, 0) is 0 Å². The fourth-order valence-corrected chi connectivity index (χ4v) is 1.64. The first-order chi connectivity index (χ1) is 9.54. The van der Waals surface area contributed by atoms with Crippen LogP contribution in [-0.4, -0.2) is 6.10 Å². The molecule has 0 saturated heterocycles. The Bertz CT molecular complexity index is 651. The molecule has 0 fully saturated rings. The van der Waals surface area contributed by atoms with E-state index >= 15 is 0 Å². The predicted octanol–water partition coefficient (Wildman–Crippen LogP) is 3.59. The van der Waals surface area contributed by atoms with Gasteiger partial charge >= 0.3 is 0 Å². The zero-order chi connectivity index (χ0) is 14.5. The molecule has 2 nitrogen and oxygen atoms in total. The summed E-state index contributed by atoms with van der Waals surface area (Å²) in [6.45, 7) is 3.95. The highest BCUT2D eigenvalue weighted by atomic mass is 19.1. The maximum absolute atomic E-state index is 13.3. The van der Waals surface area contributed by atoms with Crippen molar-refractivity contribution in [1.29, 1.82) is 0 Å². The zero-order valence-electron chi connectivity index (χ0n) is 11.5. The van der Waals surface area contributed by atoms with Gasteiger partial charge in [-0.05, 0) is 56.3 Å². The Hall–Kier alpha value is -2.47. The minimum atomic E-state index is -0.447. The molecule has 20 heavy (non-hydrogen) atoms. The van der Waals surface area contributed by atoms with Crippen molar-refractivity contribution in [3.05, 3.63) is 59.4 Å². The average Bonchev–Trinajstić information content (AvgIpc) is 2.41. The molecule has 0 radical (unpaired) electrons. The lowest BCUT2D eigenvalue weighted by Gasteiger charge is -2.08. The number of hydrogen-bond acceptors (Lipinski definition) is 2. The lowest BCUT2D eigenvalue weighted by atomic mass is 10.1. The average molecular weight is 269 g/mol. The van der Waals surface area contributed by atoms with Crippen molar-refractivity contribution in [1.82, 2.24) is 0 Å². The van der Waals surface area contributed by atoms with E-state index in [1.165, 1.54) is 12.1 Å². The van der Waals surface area contributed by atoms with Crippen LogP contribution in [0.4, 0.5) is 10.1 Å². The van der Waals surface area contributed by atoms with Crippen molar-refractivity contribution in [2.45, 2.75) is 20.0 Å². The van der Waals surface area contributed by atoms with E-state index in [-0.39, 0.29) is 11.8 Å². The standard InChI is InChI=1S/C17H16FNO/c1-12(2)20-15-8-5-13(6-9-15)3-4-14-7-10-17(19)16(18)11-14/h5-12H,19H2,1-2H3. The Labute approximate surface area is 118 Å². The maximum atomic E-state index is 13.3. The second-order valence-electron chi connectivity index (χ2n) is 4.68. The van der Waals surface area contributed by atoms with Crippen LogP contribution in [0.2, 0.25) is 0 Å². The summed E-state index contributed by atoms with van der Waals surface area (Å²) in [6.07, 6.45) is 0.143. The van der Waals surface area contributed by atoms with E-state index in [0.29, 0.717) is 5.56 Å². The van der Waals surface area contributed by atoms with E-state index in [1.54, 1.807) is 6.07 Å². The molecule has 0 heterocycles. The molecule has 0 bridgehead atoms. The number of nitrogens with two attached hydrogens (primary N) is 1. The summed E-state index contributed by atoms with van der Waals surface area (Å²) in [6, 6.07) is 12.0. The third-order valence-corrected chi connectivity index (χ3v) is 2.58. The van der Waals surface area contributed by atoms with Crippen molar-refractivity contribution in [3.8, 4) is 17.6 Å². The third-order valence-electron chi connectivity index (χ3n) is 2.58. The summed E-state index contributed by atoms with van der Waals surface area (Å²) in [5, 5.41) is 0. The lowest BCUT2D eigenvalue weighted by molar-refractivity contribution is 0.242. The number of halogens is 1. The predicted molar refractivity (Wildman–Crippen MR) is 79.0 cm³/mol. The van der Waals surface area contributed by atoms with E-state index in [9.17, 15) is 4.39 Å². The van der Waals surface area contributed by atoms with Gasteiger partial charge in [-0.2, -0.15) is 0 Å². The van der Waals surface area contributed by atoms with Crippen LogP contribution in [0.5, 0.6) is 5.75 Å². The fraction of sp³-hybridized carbons (Fsp3) is 0.176. The number of ether oxygens (including phenoxy) is 1. The second kappa shape index (κ2) is 6.12. The molecule has 2 aromatic carbocycles. The largest absolute Gasteiger partial charge is 0.491 e. The SMILES string of the molecule is CC(C)Oc1ccc(C#Cc2ccc(N)c(F)c2)cc1. The molecule has 0 aliphatic heterocycles. The highest BCUT2D eigenvalue weighted by molar-refractivity contribution is 5.49. The van der Waals surface area contributed by atoms with Gasteiger partial charge in [0.25, 0.3) is 0 Å². The Morgan fingerprint density at radius 3 is 2.20 bits per heavy atom. The topological polar surface area (TPSA) is 35.2 Å². The van der Waals surface area contributed by atoms with Crippen molar-refractivity contribution < 1.29 is 9.13 Å². The highest BCUT2D eigenvalue weighted by Gasteiger charge is 1.98.